The molecular weight excluding hydrogens is 330 g/mol. The number of rotatable bonds is 3. The summed E-state index contributed by atoms with van der Waals surface area (Å²) in [6, 6.07) is 12.2. The molecule has 3 rings (SSSR count). The highest BCUT2D eigenvalue weighted by Crippen LogP contribution is 2.30. The third-order valence-corrected chi connectivity index (χ3v) is 4.34. The Morgan fingerprint density at radius 3 is 2.38 bits per heavy atom. The van der Waals surface area contributed by atoms with Crippen molar-refractivity contribution in [2.75, 3.05) is 17.6 Å². The Hall–Kier alpha value is -3.15. The summed E-state index contributed by atoms with van der Waals surface area (Å²) in [5.74, 6) is -1.48. The maximum Gasteiger partial charge on any atom is 0.264 e. The van der Waals surface area contributed by atoms with Crippen molar-refractivity contribution in [2.45, 2.75) is 26.2 Å². The number of carbonyl (C=O) groups is 3. The molecule has 0 atom stereocenters. The van der Waals surface area contributed by atoms with Gasteiger partial charge in [0.15, 0.2) is 0 Å². The molecule has 3 N–H and O–H groups in total. The van der Waals surface area contributed by atoms with Crippen LogP contribution in [0, 0.1) is 0 Å². The van der Waals surface area contributed by atoms with Crippen LogP contribution in [0.1, 0.15) is 47.1 Å². The minimum atomic E-state index is -0.539. The first kappa shape index (κ1) is 17.7. The smallest absolute Gasteiger partial charge is 0.264 e. The van der Waals surface area contributed by atoms with Gasteiger partial charge in [0.1, 0.15) is 6.54 Å². The van der Waals surface area contributed by atoms with Crippen LogP contribution in [0.5, 0.6) is 0 Å². The predicted octanol–water partition coefficient (Wildman–Crippen LogP) is 2.80. The number of hydrogen-bond acceptors (Lipinski definition) is 4. The molecule has 1 aliphatic heterocycles. The third kappa shape index (κ3) is 3.06. The summed E-state index contributed by atoms with van der Waals surface area (Å²) in [6.07, 6.45) is 0. The minimum Gasteiger partial charge on any atom is -0.398 e. The van der Waals surface area contributed by atoms with E-state index in [1.807, 2.05) is 39.0 Å². The van der Waals surface area contributed by atoms with Gasteiger partial charge in [-0.05, 0) is 29.2 Å². The zero-order valence-electron chi connectivity index (χ0n) is 15.0. The van der Waals surface area contributed by atoms with Gasteiger partial charge in [0, 0.05) is 11.4 Å². The largest absolute Gasteiger partial charge is 0.398 e. The van der Waals surface area contributed by atoms with Crippen molar-refractivity contribution in [1.29, 1.82) is 0 Å². The fourth-order valence-corrected chi connectivity index (χ4v) is 3.08. The molecule has 2 aromatic rings. The second kappa shape index (κ2) is 6.29. The van der Waals surface area contributed by atoms with Crippen LogP contribution >= 0.6 is 0 Å². The van der Waals surface area contributed by atoms with Gasteiger partial charge in [-0.3, -0.25) is 19.3 Å². The predicted molar refractivity (Wildman–Crippen MR) is 100.0 cm³/mol. The Morgan fingerprint density at radius 2 is 1.73 bits per heavy atom. The summed E-state index contributed by atoms with van der Waals surface area (Å²) >= 11 is 0. The monoisotopic (exact) mass is 351 g/mol. The van der Waals surface area contributed by atoms with Gasteiger partial charge in [-0.1, -0.05) is 45.0 Å². The molecule has 3 amide bonds. The van der Waals surface area contributed by atoms with E-state index in [2.05, 4.69) is 5.32 Å². The van der Waals surface area contributed by atoms with Crippen LogP contribution in [0.4, 0.5) is 11.4 Å². The Balaban J connectivity index is 1.80. The Bertz CT molecular complexity index is 913. The van der Waals surface area contributed by atoms with Crippen LogP contribution < -0.4 is 11.1 Å². The number of nitrogens with one attached hydrogen (secondary N) is 1. The molecular formula is C20H21N3O3. The van der Waals surface area contributed by atoms with Crippen LogP contribution in [0.15, 0.2) is 42.5 Å². The number of benzene rings is 2. The molecule has 0 saturated carbocycles. The first-order chi connectivity index (χ1) is 12.2. The molecule has 6 nitrogen and oxygen atoms in total. The average Bonchev–Trinajstić information content (AvgIpc) is 2.80. The number of para-hydroxylation sites is 1. The lowest BCUT2D eigenvalue weighted by atomic mass is 9.86. The molecule has 0 aliphatic carbocycles. The maximum absolute atomic E-state index is 12.5. The molecule has 1 heterocycles. The molecule has 0 unspecified atom stereocenters. The summed E-state index contributed by atoms with van der Waals surface area (Å²) in [5, 5.41) is 2.81. The van der Waals surface area contributed by atoms with E-state index in [4.69, 9.17) is 5.73 Å². The van der Waals surface area contributed by atoms with E-state index in [9.17, 15) is 14.4 Å². The zero-order chi connectivity index (χ0) is 19.1. The van der Waals surface area contributed by atoms with Gasteiger partial charge in [0.25, 0.3) is 11.8 Å². The molecule has 0 aromatic heterocycles. The molecule has 1 aliphatic rings. The van der Waals surface area contributed by atoms with Gasteiger partial charge >= 0.3 is 0 Å². The van der Waals surface area contributed by atoms with Crippen molar-refractivity contribution in [1.82, 2.24) is 4.90 Å². The van der Waals surface area contributed by atoms with E-state index in [0.29, 0.717) is 5.69 Å². The van der Waals surface area contributed by atoms with Gasteiger partial charge in [-0.15, -0.1) is 0 Å². The number of nitrogens with zero attached hydrogens (tertiary/aromatic N) is 1. The maximum atomic E-state index is 12.5. The van der Waals surface area contributed by atoms with Crippen LogP contribution in [-0.2, 0) is 10.2 Å². The van der Waals surface area contributed by atoms with E-state index in [-0.39, 0.29) is 28.8 Å². The molecule has 0 radical (unpaired) electrons. The third-order valence-electron chi connectivity index (χ3n) is 4.34. The molecule has 0 saturated heterocycles. The first-order valence-electron chi connectivity index (χ1n) is 8.34. The second-order valence-electron chi connectivity index (χ2n) is 7.31. The van der Waals surface area contributed by atoms with Gasteiger partial charge < -0.3 is 11.1 Å². The molecule has 2 aromatic carbocycles. The summed E-state index contributed by atoms with van der Waals surface area (Å²) < 4.78 is 0. The van der Waals surface area contributed by atoms with Crippen molar-refractivity contribution >= 4 is 29.1 Å². The van der Waals surface area contributed by atoms with E-state index in [0.717, 1.165) is 10.5 Å². The minimum absolute atomic E-state index is 0.159. The topological polar surface area (TPSA) is 92.5 Å². The van der Waals surface area contributed by atoms with Crippen molar-refractivity contribution in [3.8, 4) is 0 Å². The van der Waals surface area contributed by atoms with Crippen molar-refractivity contribution in [3.63, 3.8) is 0 Å². The first-order valence-corrected chi connectivity index (χ1v) is 8.34. The number of anilines is 2. The number of imide groups is 1. The molecule has 26 heavy (non-hydrogen) atoms. The summed E-state index contributed by atoms with van der Waals surface area (Å²) in [6.45, 7) is 5.78. The van der Waals surface area contributed by atoms with Crippen molar-refractivity contribution in [3.05, 3.63) is 59.2 Å². The average molecular weight is 351 g/mol. The highest BCUT2D eigenvalue weighted by Gasteiger charge is 2.38. The lowest BCUT2D eigenvalue weighted by Gasteiger charge is -2.23. The lowest BCUT2D eigenvalue weighted by Crippen LogP contribution is -2.37. The lowest BCUT2D eigenvalue weighted by molar-refractivity contribution is -0.116. The molecule has 0 fully saturated rings. The zero-order valence-corrected chi connectivity index (χ0v) is 15.0. The summed E-state index contributed by atoms with van der Waals surface area (Å²) in [5.41, 5.74) is 7.93. The number of hydrogen-bond donors (Lipinski definition) is 2. The Morgan fingerprint density at radius 1 is 1.04 bits per heavy atom. The second-order valence-corrected chi connectivity index (χ2v) is 7.31. The Kier molecular flexibility index (Phi) is 4.28. The number of fused-ring (bicyclic) bond motifs is 1. The molecule has 0 spiro atoms. The van der Waals surface area contributed by atoms with Crippen LogP contribution in [0.2, 0.25) is 0 Å². The van der Waals surface area contributed by atoms with E-state index in [1.165, 1.54) is 0 Å². The van der Waals surface area contributed by atoms with Crippen LogP contribution in [0.3, 0.4) is 0 Å². The normalized spacial score (nSPS) is 13.7. The fourth-order valence-electron chi connectivity index (χ4n) is 3.08. The van der Waals surface area contributed by atoms with Crippen LogP contribution in [-0.4, -0.2) is 29.2 Å². The van der Waals surface area contributed by atoms with E-state index < -0.39 is 17.7 Å². The van der Waals surface area contributed by atoms with Crippen molar-refractivity contribution in [2.24, 2.45) is 0 Å². The number of amides is 3. The number of carbonyl (C=O) groups excluding carboxylic acids is 3. The summed E-state index contributed by atoms with van der Waals surface area (Å²) in [7, 11) is 0. The standard InChI is InChI=1S/C20H21N3O3/c1-20(2,3)13-8-4-5-10-15(13)22-16(24)11-23-18(25)12-7-6-9-14(21)17(12)19(23)26/h4-10H,11,21H2,1-3H3,(H,22,24). The highest BCUT2D eigenvalue weighted by molar-refractivity contribution is 6.24. The van der Waals surface area contributed by atoms with Gasteiger partial charge in [-0.25, -0.2) is 0 Å². The number of nitrogen functional groups attached to an aromatic ring is 1. The summed E-state index contributed by atoms with van der Waals surface area (Å²) in [4.78, 5) is 38.3. The van der Waals surface area contributed by atoms with E-state index in [1.54, 1.807) is 24.3 Å². The SMILES string of the molecule is CC(C)(C)c1ccccc1NC(=O)CN1C(=O)c2cccc(N)c2C1=O. The van der Waals surface area contributed by atoms with Gasteiger partial charge in [0.2, 0.25) is 5.91 Å². The molecule has 134 valence electrons. The van der Waals surface area contributed by atoms with Crippen molar-refractivity contribution < 1.29 is 14.4 Å². The molecule has 0 bridgehead atoms. The fraction of sp³-hybridized carbons (Fsp3) is 0.250. The van der Waals surface area contributed by atoms with Gasteiger partial charge in [0.05, 0.1) is 11.1 Å². The Labute approximate surface area is 152 Å². The number of nitrogens with two attached hydrogens (primary N) is 1. The van der Waals surface area contributed by atoms with Gasteiger partial charge in [-0.2, -0.15) is 0 Å². The quantitative estimate of drug-likeness (QED) is 0.657. The van der Waals surface area contributed by atoms with Crippen LogP contribution in [0.25, 0.3) is 0 Å². The highest BCUT2D eigenvalue weighted by atomic mass is 16.2. The molecule has 6 heteroatoms. The van der Waals surface area contributed by atoms with E-state index >= 15 is 0 Å².